The van der Waals surface area contributed by atoms with Gasteiger partial charge in [0.15, 0.2) is 0 Å². The van der Waals surface area contributed by atoms with Crippen LogP contribution in [0.3, 0.4) is 0 Å². The Hall–Kier alpha value is -1.51. The molecule has 0 spiro atoms. The molecule has 1 aromatic rings. The highest BCUT2D eigenvalue weighted by Gasteiger charge is 2.11. The van der Waals surface area contributed by atoms with Gasteiger partial charge in [0, 0.05) is 0 Å². The molecule has 0 aliphatic carbocycles. The van der Waals surface area contributed by atoms with Crippen molar-refractivity contribution in [1.29, 1.82) is 0 Å². The lowest BCUT2D eigenvalue weighted by Crippen LogP contribution is -2.03. The predicted octanol–water partition coefficient (Wildman–Crippen LogP) is 2.58. The lowest BCUT2D eigenvalue weighted by molar-refractivity contribution is -0.137. The SMILES string of the molecule is COc1ccc([C@H](C)CC(=O)O)cc1C. The zero-order valence-electron chi connectivity index (χ0n) is 9.28. The second-order valence-electron chi connectivity index (χ2n) is 3.73. The summed E-state index contributed by atoms with van der Waals surface area (Å²) in [5, 5.41) is 8.69. The van der Waals surface area contributed by atoms with Crippen molar-refractivity contribution >= 4 is 5.97 Å². The van der Waals surface area contributed by atoms with Gasteiger partial charge in [0.25, 0.3) is 0 Å². The Balaban J connectivity index is 2.87. The molecule has 0 saturated heterocycles. The monoisotopic (exact) mass is 208 g/mol. The number of hydrogen-bond donors (Lipinski definition) is 1. The minimum Gasteiger partial charge on any atom is -0.496 e. The molecular formula is C12H16O3. The minimum absolute atomic E-state index is 0.0344. The van der Waals surface area contributed by atoms with E-state index in [1.165, 1.54) is 0 Å². The maximum Gasteiger partial charge on any atom is 0.303 e. The molecular weight excluding hydrogens is 192 g/mol. The molecule has 15 heavy (non-hydrogen) atoms. The van der Waals surface area contributed by atoms with E-state index in [-0.39, 0.29) is 12.3 Å². The molecule has 0 fully saturated rings. The van der Waals surface area contributed by atoms with Gasteiger partial charge in [-0.2, -0.15) is 0 Å². The average Bonchev–Trinajstić information content (AvgIpc) is 2.16. The molecule has 0 saturated carbocycles. The number of carboxylic acids is 1. The van der Waals surface area contributed by atoms with Gasteiger partial charge in [-0.15, -0.1) is 0 Å². The number of hydrogen-bond acceptors (Lipinski definition) is 2. The van der Waals surface area contributed by atoms with Gasteiger partial charge in [-0.3, -0.25) is 4.79 Å². The number of carboxylic acid groups (broad SMARTS) is 1. The predicted molar refractivity (Wildman–Crippen MR) is 58.4 cm³/mol. The van der Waals surface area contributed by atoms with Crippen molar-refractivity contribution < 1.29 is 14.6 Å². The number of rotatable bonds is 4. The summed E-state index contributed by atoms with van der Waals surface area (Å²) in [6, 6.07) is 5.77. The summed E-state index contributed by atoms with van der Waals surface area (Å²) in [5.74, 6) is 0.101. The van der Waals surface area contributed by atoms with Gasteiger partial charge in [0.1, 0.15) is 5.75 Å². The Morgan fingerprint density at radius 1 is 1.53 bits per heavy atom. The fraction of sp³-hybridized carbons (Fsp3) is 0.417. The molecule has 0 amide bonds. The third-order valence-corrected chi connectivity index (χ3v) is 2.47. The van der Waals surface area contributed by atoms with Crippen LogP contribution in [0.4, 0.5) is 0 Å². The van der Waals surface area contributed by atoms with Crippen LogP contribution in [-0.4, -0.2) is 18.2 Å². The Labute approximate surface area is 89.7 Å². The summed E-state index contributed by atoms with van der Waals surface area (Å²) in [7, 11) is 1.63. The lowest BCUT2D eigenvalue weighted by atomic mass is 9.96. The molecule has 82 valence electrons. The van der Waals surface area contributed by atoms with Crippen LogP contribution >= 0.6 is 0 Å². The first-order chi connectivity index (χ1) is 7.04. The van der Waals surface area contributed by atoms with Crippen LogP contribution in [0.2, 0.25) is 0 Å². The average molecular weight is 208 g/mol. The summed E-state index contributed by atoms with van der Waals surface area (Å²) >= 11 is 0. The van der Waals surface area contributed by atoms with E-state index in [1.807, 2.05) is 32.0 Å². The van der Waals surface area contributed by atoms with Gasteiger partial charge < -0.3 is 9.84 Å². The quantitative estimate of drug-likeness (QED) is 0.827. The molecule has 0 radical (unpaired) electrons. The molecule has 1 atom stereocenters. The second kappa shape index (κ2) is 4.82. The van der Waals surface area contributed by atoms with Crippen LogP contribution in [0.25, 0.3) is 0 Å². The van der Waals surface area contributed by atoms with Gasteiger partial charge in [0.05, 0.1) is 13.5 Å². The first kappa shape index (κ1) is 11.6. The van der Waals surface area contributed by atoms with Crippen LogP contribution in [0.15, 0.2) is 18.2 Å². The van der Waals surface area contributed by atoms with Crippen molar-refractivity contribution in [3.05, 3.63) is 29.3 Å². The number of carbonyl (C=O) groups is 1. The highest BCUT2D eigenvalue weighted by molar-refractivity contribution is 5.68. The van der Waals surface area contributed by atoms with Crippen LogP contribution in [-0.2, 0) is 4.79 Å². The minimum atomic E-state index is -0.768. The molecule has 1 N–H and O–H groups in total. The number of methoxy groups -OCH3 is 1. The topological polar surface area (TPSA) is 46.5 Å². The van der Waals surface area contributed by atoms with Crippen LogP contribution in [0.1, 0.15) is 30.4 Å². The molecule has 1 rings (SSSR count). The van der Waals surface area contributed by atoms with Crippen molar-refractivity contribution in [3.8, 4) is 5.75 Å². The first-order valence-electron chi connectivity index (χ1n) is 4.91. The van der Waals surface area contributed by atoms with Gasteiger partial charge in [-0.25, -0.2) is 0 Å². The summed E-state index contributed by atoms with van der Waals surface area (Å²) < 4.78 is 5.14. The van der Waals surface area contributed by atoms with E-state index in [2.05, 4.69) is 0 Å². The maximum absolute atomic E-state index is 10.6. The maximum atomic E-state index is 10.6. The third-order valence-electron chi connectivity index (χ3n) is 2.47. The first-order valence-corrected chi connectivity index (χ1v) is 4.91. The van der Waals surface area contributed by atoms with Crippen molar-refractivity contribution in [1.82, 2.24) is 0 Å². The fourth-order valence-corrected chi connectivity index (χ4v) is 1.59. The lowest BCUT2D eigenvalue weighted by Gasteiger charge is -2.12. The Kier molecular flexibility index (Phi) is 3.72. The zero-order chi connectivity index (χ0) is 11.4. The summed E-state index contributed by atoms with van der Waals surface area (Å²) in [6.45, 7) is 3.87. The highest BCUT2D eigenvalue weighted by Crippen LogP contribution is 2.25. The number of benzene rings is 1. The molecule has 1 aromatic carbocycles. The van der Waals surface area contributed by atoms with Crippen molar-refractivity contribution in [2.24, 2.45) is 0 Å². The molecule has 3 nitrogen and oxygen atoms in total. The smallest absolute Gasteiger partial charge is 0.303 e. The normalized spacial score (nSPS) is 12.2. The van der Waals surface area contributed by atoms with Crippen molar-refractivity contribution in [2.75, 3.05) is 7.11 Å². The zero-order valence-corrected chi connectivity index (χ0v) is 9.28. The van der Waals surface area contributed by atoms with E-state index in [1.54, 1.807) is 7.11 Å². The van der Waals surface area contributed by atoms with E-state index in [0.717, 1.165) is 16.9 Å². The van der Waals surface area contributed by atoms with Crippen LogP contribution in [0.5, 0.6) is 5.75 Å². The summed E-state index contributed by atoms with van der Waals surface area (Å²) in [5.41, 5.74) is 2.07. The largest absolute Gasteiger partial charge is 0.496 e. The van der Waals surface area contributed by atoms with Crippen LogP contribution in [0, 0.1) is 6.92 Å². The van der Waals surface area contributed by atoms with Gasteiger partial charge in [-0.05, 0) is 30.0 Å². The second-order valence-corrected chi connectivity index (χ2v) is 3.73. The van der Waals surface area contributed by atoms with Crippen molar-refractivity contribution in [2.45, 2.75) is 26.2 Å². The number of aryl methyl sites for hydroxylation is 1. The van der Waals surface area contributed by atoms with E-state index < -0.39 is 5.97 Å². The Morgan fingerprint density at radius 3 is 2.67 bits per heavy atom. The number of ether oxygens (including phenoxy) is 1. The van der Waals surface area contributed by atoms with Crippen molar-refractivity contribution in [3.63, 3.8) is 0 Å². The van der Waals surface area contributed by atoms with E-state index in [0.29, 0.717) is 0 Å². The van der Waals surface area contributed by atoms with Crippen LogP contribution < -0.4 is 4.74 Å². The fourth-order valence-electron chi connectivity index (χ4n) is 1.59. The molecule has 0 aromatic heterocycles. The molecule has 0 bridgehead atoms. The number of aliphatic carboxylic acids is 1. The van der Waals surface area contributed by atoms with Gasteiger partial charge >= 0.3 is 5.97 Å². The van der Waals surface area contributed by atoms with Gasteiger partial charge in [0.2, 0.25) is 0 Å². The Morgan fingerprint density at radius 2 is 2.20 bits per heavy atom. The third kappa shape index (κ3) is 2.98. The Bertz CT molecular complexity index is 358. The molecule has 0 aliphatic rings. The molecule has 0 heterocycles. The van der Waals surface area contributed by atoms with E-state index in [9.17, 15) is 4.79 Å². The van der Waals surface area contributed by atoms with E-state index in [4.69, 9.17) is 9.84 Å². The summed E-state index contributed by atoms with van der Waals surface area (Å²) in [4.78, 5) is 10.6. The highest BCUT2D eigenvalue weighted by atomic mass is 16.5. The van der Waals surface area contributed by atoms with Gasteiger partial charge in [-0.1, -0.05) is 19.1 Å². The standard InChI is InChI=1S/C12H16O3/c1-8(7-12(13)14)10-4-5-11(15-3)9(2)6-10/h4-6,8H,7H2,1-3H3,(H,13,14)/t8-/m1/s1. The van der Waals surface area contributed by atoms with E-state index >= 15 is 0 Å². The summed E-state index contributed by atoms with van der Waals surface area (Å²) in [6.07, 6.45) is 0.159. The molecule has 3 heteroatoms. The molecule has 0 unspecified atom stereocenters. The molecule has 0 aliphatic heterocycles.